The Morgan fingerprint density at radius 1 is 1.30 bits per heavy atom. The van der Waals surface area contributed by atoms with Crippen molar-refractivity contribution >= 4 is 17.4 Å². The molecular formula is C15H17ClFN3. The zero-order valence-corrected chi connectivity index (χ0v) is 12.3. The average Bonchev–Trinajstić information content (AvgIpc) is 2.42. The Kier molecular flexibility index (Phi) is 4.93. The molecule has 1 N–H and O–H groups in total. The van der Waals surface area contributed by atoms with Crippen molar-refractivity contribution in [1.82, 2.24) is 10.3 Å². The highest BCUT2D eigenvalue weighted by atomic mass is 35.5. The molecule has 20 heavy (non-hydrogen) atoms. The summed E-state index contributed by atoms with van der Waals surface area (Å²) in [6.45, 7) is 1.26. The van der Waals surface area contributed by atoms with E-state index in [1.54, 1.807) is 0 Å². The zero-order valence-electron chi connectivity index (χ0n) is 11.5. The summed E-state index contributed by atoms with van der Waals surface area (Å²) < 4.78 is 13.3. The van der Waals surface area contributed by atoms with Gasteiger partial charge in [0.15, 0.2) is 0 Å². The molecule has 0 aliphatic carbocycles. The molecule has 0 aliphatic rings. The maximum Gasteiger partial charge on any atom is 0.141 e. The topological polar surface area (TPSA) is 28.2 Å². The predicted octanol–water partition coefficient (Wildman–Crippen LogP) is 3.23. The van der Waals surface area contributed by atoms with E-state index in [9.17, 15) is 4.39 Å². The summed E-state index contributed by atoms with van der Waals surface area (Å²) in [4.78, 5) is 6.19. The molecule has 0 saturated carbocycles. The lowest BCUT2D eigenvalue weighted by molar-refractivity contribution is 0.615. The third-order valence-electron chi connectivity index (χ3n) is 2.97. The van der Waals surface area contributed by atoms with Crippen molar-refractivity contribution in [3.05, 3.63) is 58.5 Å². The maximum absolute atomic E-state index is 13.3. The van der Waals surface area contributed by atoms with Crippen molar-refractivity contribution < 1.29 is 4.39 Å². The van der Waals surface area contributed by atoms with E-state index in [1.807, 2.05) is 43.3 Å². The molecule has 0 spiro atoms. The predicted molar refractivity (Wildman–Crippen MR) is 80.5 cm³/mol. The normalized spacial score (nSPS) is 10.6. The van der Waals surface area contributed by atoms with E-state index in [-0.39, 0.29) is 5.82 Å². The number of nitrogens with zero attached hydrogens (tertiary/aromatic N) is 2. The Morgan fingerprint density at radius 2 is 2.00 bits per heavy atom. The van der Waals surface area contributed by atoms with Crippen LogP contribution in [0.25, 0.3) is 0 Å². The van der Waals surface area contributed by atoms with Gasteiger partial charge in [0.25, 0.3) is 0 Å². The highest BCUT2D eigenvalue weighted by molar-refractivity contribution is 6.30. The molecule has 5 heteroatoms. The number of rotatable bonds is 5. The molecule has 1 heterocycles. The number of hydrogen-bond donors (Lipinski definition) is 1. The first kappa shape index (κ1) is 14.8. The Hall–Kier alpha value is -1.65. The lowest BCUT2D eigenvalue weighted by Crippen LogP contribution is -2.21. The summed E-state index contributed by atoms with van der Waals surface area (Å²) in [6, 6.07) is 9.17. The summed E-state index contributed by atoms with van der Waals surface area (Å²) in [7, 11) is 3.77. The van der Waals surface area contributed by atoms with Gasteiger partial charge in [0.2, 0.25) is 0 Å². The minimum atomic E-state index is -0.320. The molecule has 2 aromatic rings. The van der Waals surface area contributed by atoms with E-state index in [1.165, 1.54) is 12.3 Å². The van der Waals surface area contributed by atoms with Gasteiger partial charge in [-0.05, 0) is 30.8 Å². The quantitative estimate of drug-likeness (QED) is 0.917. The second-order valence-electron chi connectivity index (χ2n) is 4.65. The SMILES string of the molecule is CNCc1cc(F)cnc1N(C)Cc1ccc(Cl)cc1. The molecule has 0 amide bonds. The second-order valence-corrected chi connectivity index (χ2v) is 5.09. The average molecular weight is 294 g/mol. The van der Waals surface area contributed by atoms with Crippen molar-refractivity contribution in [3.8, 4) is 0 Å². The van der Waals surface area contributed by atoms with Gasteiger partial charge in [0.05, 0.1) is 6.20 Å². The lowest BCUT2D eigenvalue weighted by Gasteiger charge is -2.21. The van der Waals surface area contributed by atoms with Crippen LogP contribution < -0.4 is 10.2 Å². The zero-order chi connectivity index (χ0) is 14.5. The van der Waals surface area contributed by atoms with Crippen LogP contribution in [0.5, 0.6) is 0 Å². The number of hydrogen-bond acceptors (Lipinski definition) is 3. The van der Waals surface area contributed by atoms with E-state index < -0.39 is 0 Å². The van der Waals surface area contributed by atoms with Crippen molar-refractivity contribution in [2.75, 3.05) is 19.0 Å². The monoisotopic (exact) mass is 293 g/mol. The molecule has 0 radical (unpaired) electrons. The molecule has 3 nitrogen and oxygen atoms in total. The van der Waals surface area contributed by atoms with Crippen LogP contribution in [0.2, 0.25) is 5.02 Å². The Balaban J connectivity index is 2.19. The third-order valence-corrected chi connectivity index (χ3v) is 3.22. The van der Waals surface area contributed by atoms with Gasteiger partial charge in [0, 0.05) is 30.7 Å². The molecule has 1 aromatic heterocycles. The Morgan fingerprint density at radius 3 is 2.65 bits per heavy atom. The first-order valence-electron chi connectivity index (χ1n) is 6.34. The van der Waals surface area contributed by atoms with Gasteiger partial charge in [-0.3, -0.25) is 0 Å². The number of halogens is 2. The Labute approximate surface area is 123 Å². The molecule has 0 atom stereocenters. The summed E-state index contributed by atoms with van der Waals surface area (Å²) in [5, 5.41) is 3.74. The van der Waals surface area contributed by atoms with Crippen LogP contribution in [-0.4, -0.2) is 19.1 Å². The summed E-state index contributed by atoms with van der Waals surface area (Å²) in [6.07, 6.45) is 1.24. The van der Waals surface area contributed by atoms with Gasteiger partial charge >= 0.3 is 0 Å². The largest absolute Gasteiger partial charge is 0.355 e. The van der Waals surface area contributed by atoms with Crippen molar-refractivity contribution in [1.29, 1.82) is 0 Å². The smallest absolute Gasteiger partial charge is 0.141 e. The minimum Gasteiger partial charge on any atom is -0.355 e. The van der Waals surface area contributed by atoms with Gasteiger partial charge < -0.3 is 10.2 Å². The third kappa shape index (κ3) is 3.68. The fraction of sp³-hybridized carbons (Fsp3) is 0.267. The maximum atomic E-state index is 13.3. The minimum absolute atomic E-state index is 0.320. The first-order chi connectivity index (χ1) is 9.60. The van der Waals surface area contributed by atoms with Crippen LogP contribution in [0.3, 0.4) is 0 Å². The van der Waals surface area contributed by atoms with Gasteiger partial charge in [0.1, 0.15) is 11.6 Å². The molecule has 1 aromatic carbocycles. The van der Waals surface area contributed by atoms with Crippen molar-refractivity contribution in [3.63, 3.8) is 0 Å². The van der Waals surface area contributed by atoms with Gasteiger partial charge in [-0.15, -0.1) is 0 Å². The van der Waals surface area contributed by atoms with Gasteiger partial charge in [-0.25, -0.2) is 9.37 Å². The van der Waals surface area contributed by atoms with E-state index in [0.717, 1.165) is 16.9 Å². The van der Waals surface area contributed by atoms with E-state index in [4.69, 9.17) is 11.6 Å². The fourth-order valence-corrected chi connectivity index (χ4v) is 2.20. The summed E-state index contributed by atoms with van der Waals surface area (Å²) >= 11 is 5.87. The van der Waals surface area contributed by atoms with E-state index in [2.05, 4.69) is 10.3 Å². The van der Waals surface area contributed by atoms with Crippen LogP contribution in [0.4, 0.5) is 10.2 Å². The Bertz CT molecular complexity index is 572. The molecule has 0 aliphatic heterocycles. The van der Waals surface area contributed by atoms with Crippen molar-refractivity contribution in [2.24, 2.45) is 0 Å². The highest BCUT2D eigenvalue weighted by Crippen LogP contribution is 2.20. The number of nitrogens with one attached hydrogen (secondary N) is 1. The van der Waals surface area contributed by atoms with Crippen LogP contribution >= 0.6 is 11.6 Å². The number of benzene rings is 1. The molecule has 2 rings (SSSR count). The van der Waals surface area contributed by atoms with Crippen LogP contribution in [0, 0.1) is 5.82 Å². The number of anilines is 1. The second kappa shape index (κ2) is 6.68. The fourth-order valence-electron chi connectivity index (χ4n) is 2.08. The van der Waals surface area contributed by atoms with Gasteiger partial charge in [-0.1, -0.05) is 23.7 Å². The molecule has 0 fully saturated rings. The molecule has 0 bridgehead atoms. The van der Waals surface area contributed by atoms with Crippen LogP contribution in [-0.2, 0) is 13.1 Å². The van der Waals surface area contributed by atoms with E-state index in [0.29, 0.717) is 18.1 Å². The molecule has 0 saturated heterocycles. The molecular weight excluding hydrogens is 277 g/mol. The van der Waals surface area contributed by atoms with Crippen LogP contribution in [0.15, 0.2) is 36.5 Å². The summed E-state index contributed by atoms with van der Waals surface area (Å²) in [5.41, 5.74) is 1.96. The first-order valence-corrected chi connectivity index (χ1v) is 6.72. The van der Waals surface area contributed by atoms with Crippen LogP contribution in [0.1, 0.15) is 11.1 Å². The standard InChI is InChI=1S/C15H17ClFN3/c1-18-8-12-7-14(17)9-19-15(12)20(2)10-11-3-5-13(16)6-4-11/h3-7,9,18H,8,10H2,1-2H3. The highest BCUT2D eigenvalue weighted by Gasteiger charge is 2.10. The lowest BCUT2D eigenvalue weighted by atomic mass is 10.2. The van der Waals surface area contributed by atoms with Gasteiger partial charge in [-0.2, -0.15) is 0 Å². The number of pyridine rings is 1. The van der Waals surface area contributed by atoms with E-state index >= 15 is 0 Å². The van der Waals surface area contributed by atoms with Crippen molar-refractivity contribution in [2.45, 2.75) is 13.1 Å². The molecule has 0 unspecified atom stereocenters. The number of aromatic nitrogens is 1. The molecule has 106 valence electrons. The summed E-state index contributed by atoms with van der Waals surface area (Å²) in [5.74, 6) is 0.453.